The van der Waals surface area contributed by atoms with Gasteiger partial charge in [0, 0.05) is 6.20 Å². The maximum Gasteiger partial charge on any atom is 0.469 e. The van der Waals surface area contributed by atoms with Gasteiger partial charge in [0.25, 0.3) is 5.91 Å². The smallest absolute Gasteiger partial charge is 0.387 e. The van der Waals surface area contributed by atoms with Crippen molar-refractivity contribution >= 4 is 36.3 Å². The Morgan fingerprint density at radius 3 is 2.65 bits per heavy atom. The monoisotopic (exact) mass is 462 g/mol. The molecule has 5 N–H and O–H groups in total. The van der Waals surface area contributed by atoms with Crippen LogP contribution in [0.4, 0.5) is 0 Å². The number of nitrogens with zero attached hydrogens (tertiary/aromatic N) is 1. The molecule has 23 heavy (non-hydrogen) atoms. The van der Waals surface area contributed by atoms with Crippen LogP contribution < -0.4 is 5.32 Å². The number of hydrogen-bond donors (Lipinski definition) is 5. The molecule has 1 fully saturated rings. The molecule has 1 saturated heterocycles. The fourth-order valence-corrected chi connectivity index (χ4v) is 3.31. The van der Waals surface area contributed by atoms with Crippen molar-refractivity contribution in [1.29, 1.82) is 0 Å². The van der Waals surface area contributed by atoms with Gasteiger partial charge in [-0.2, -0.15) is 0 Å². The highest BCUT2D eigenvalue weighted by Crippen LogP contribution is 2.40. The summed E-state index contributed by atoms with van der Waals surface area (Å²) in [5.74, 6) is -0.231. The number of ether oxygens (including phenoxy) is 1. The van der Waals surface area contributed by atoms with Crippen molar-refractivity contribution in [3.8, 4) is 0 Å². The van der Waals surface area contributed by atoms with E-state index in [-0.39, 0.29) is 11.7 Å². The van der Waals surface area contributed by atoms with E-state index < -0.39 is 38.5 Å². The van der Waals surface area contributed by atoms with E-state index in [4.69, 9.17) is 14.5 Å². The van der Waals surface area contributed by atoms with Crippen LogP contribution in [-0.4, -0.2) is 61.5 Å². The van der Waals surface area contributed by atoms with Gasteiger partial charge in [0.1, 0.15) is 24.1 Å². The Hall–Kier alpha value is -0.530. The minimum atomic E-state index is -4.78. The summed E-state index contributed by atoms with van der Waals surface area (Å²) in [6, 6.07) is 0. The average Bonchev–Trinajstić information content (AvgIpc) is 2.69. The van der Waals surface area contributed by atoms with Crippen molar-refractivity contribution in [3.05, 3.63) is 22.2 Å². The molecule has 1 unspecified atom stereocenters. The number of halogens is 1. The zero-order valence-corrected chi connectivity index (χ0v) is 14.9. The highest BCUT2D eigenvalue weighted by atomic mass is 127. The largest absolute Gasteiger partial charge is 0.469 e. The van der Waals surface area contributed by atoms with E-state index in [0.29, 0.717) is 3.58 Å². The van der Waals surface area contributed by atoms with Crippen molar-refractivity contribution in [2.45, 2.75) is 37.6 Å². The molecule has 0 saturated carbocycles. The third kappa shape index (κ3) is 4.12. The van der Waals surface area contributed by atoms with Crippen LogP contribution >= 0.6 is 30.4 Å². The van der Waals surface area contributed by atoms with Crippen LogP contribution in [0.25, 0.3) is 0 Å². The van der Waals surface area contributed by atoms with E-state index >= 15 is 0 Å². The summed E-state index contributed by atoms with van der Waals surface area (Å²) in [4.78, 5) is 30.5. The van der Waals surface area contributed by atoms with Crippen LogP contribution in [0.3, 0.4) is 0 Å². The van der Waals surface area contributed by atoms with Gasteiger partial charge >= 0.3 is 7.82 Å². The van der Waals surface area contributed by atoms with E-state index in [1.54, 1.807) is 22.6 Å². The first kappa shape index (κ1) is 18.8. The van der Waals surface area contributed by atoms with Gasteiger partial charge in [-0.15, -0.1) is 0 Å². The lowest BCUT2D eigenvalue weighted by Gasteiger charge is -2.33. The molecule has 2 rings (SSSR count). The van der Waals surface area contributed by atoms with Gasteiger partial charge in [0.2, 0.25) is 0 Å². The molecule has 12 heteroatoms. The van der Waals surface area contributed by atoms with Crippen LogP contribution in [0, 0.1) is 0 Å². The summed E-state index contributed by atoms with van der Waals surface area (Å²) in [6.45, 7) is 4.93. The van der Waals surface area contributed by atoms with Crippen LogP contribution in [0.5, 0.6) is 0 Å². The Morgan fingerprint density at radius 2 is 2.09 bits per heavy atom. The molecular weight excluding hydrogens is 446 g/mol. The summed E-state index contributed by atoms with van der Waals surface area (Å²) in [7, 11) is -4.78. The maximum atomic E-state index is 11.5. The molecule has 0 spiro atoms. The highest BCUT2D eigenvalue weighted by molar-refractivity contribution is 14.1. The minimum absolute atomic E-state index is 0.135. The predicted molar refractivity (Wildman–Crippen MR) is 84.5 cm³/mol. The number of carbonyl (C=O) groups excluding carboxylic acids is 1. The number of hydrogen-bond acceptors (Lipinski definition) is 7. The summed E-state index contributed by atoms with van der Waals surface area (Å²) in [5.41, 5.74) is 0. The Bertz CT molecular complexity index is 593. The Balaban J connectivity index is 2.18. The molecular formula is C11H16IN2O8P. The molecule has 130 valence electrons. The van der Waals surface area contributed by atoms with Crippen molar-refractivity contribution in [2.24, 2.45) is 0 Å². The molecule has 10 nitrogen and oxygen atoms in total. The molecule has 0 aromatic rings. The number of phosphoric ester groups is 1. The van der Waals surface area contributed by atoms with E-state index in [2.05, 4.69) is 16.4 Å². The van der Waals surface area contributed by atoms with E-state index in [9.17, 15) is 19.6 Å². The quantitative estimate of drug-likeness (QED) is 0.265. The fourth-order valence-electron chi connectivity index (χ4n) is 2.32. The lowest BCUT2D eigenvalue weighted by atomic mass is 10.1. The topological polar surface area (TPSA) is 149 Å². The standard InChI is InChI=1S/C11H16IN2O8P/c1-4(22-23(18,19)20)9-7(15)8(16)11(21-9)14-3-6(12)10(17)13-5(14)2/h3-4,7-9,11,15-16H,2H2,1H3,(H,13,17)(H2,18,19,20)/t4?,7-,8+,9+,11+/m0/s1. The van der Waals surface area contributed by atoms with E-state index in [0.717, 1.165) is 0 Å². The molecule has 0 aliphatic carbocycles. The zero-order valence-electron chi connectivity index (χ0n) is 11.9. The minimum Gasteiger partial charge on any atom is -0.387 e. The number of aliphatic hydroxyl groups excluding tert-OH is 2. The Morgan fingerprint density at radius 1 is 1.48 bits per heavy atom. The molecule has 5 atom stereocenters. The fraction of sp³-hybridized carbons (Fsp3) is 0.545. The second kappa shape index (κ2) is 6.76. The summed E-state index contributed by atoms with van der Waals surface area (Å²) in [5, 5.41) is 22.7. The van der Waals surface area contributed by atoms with Crippen LogP contribution in [0.1, 0.15) is 6.92 Å². The molecule has 0 aromatic heterocycles. The average molecular weight is 462 g/mol. The Labute approximate surface area is 145 Å². The first-order valence-electron chi connectivity index (χ1n) is 6.42. The van der Waals surface area contributed by atoms with Gasteiger partial charge in [-0.25, -0.2) is 4.57 Å². The third-order valence-electron chi connectivity index (χ3n) is 3.35. The van der Waals surface area contributed by atoms with Gasteiger partial charge in [0.05, 0.1) is 9.68 Å². The molecule has 2 heterocycles. The van der Waals surface area contributed by atoms with Gasteiger partial charge in [0.15, 0.2) is 6.23 Å². The van der Waals surface area contributed by atoms with Crippen LogP contribution in [0.2, 0.25) is 0 Å². The van der Waals surface area contributed by atoms with Crippen molar-refractivity contribution < 1.29 is 38.6 Å². The Kier molecular flexibility index (Phi) is 5.53. The second-order valence-electron chi connectivity index (χ2n) is 5.06. The number of aliphatic hydroxyl groups is 2. The van der Waals surface area contributed by atoms with E-state index in [1.807, 2.05) is 0 Å². The molecule has 2 aliphatic heterocycles. The molecule has 0 aromatic carbocycles. The van der Waals surface area contributed by atoms with Gasteiger partial charge in [-0.1, -0.05) is 6.58 Å². The zero-order chi connectivity index (χ0) is 17.5. The first-order chi connectivity index (χ1) is 10.5. The summed E-state index contributed by atoms with van der Waals surface area (Å²) in [6.07, 6.45) is -4.93. The lowest BCUT2D eigenvalue weighted by molar-refractivity contribution is -0.119. The van der Waals surface area contributed by atoms with Crippen molar-refractivity contribution in [1.82, 2.24) is 10.2 Å². The van der Waals surface area contributed by atoms with Crippen LogP contribution in [-0.2, 0) is 18.6 Å². The molecule has 1 amide bonds. The van der Waals surface area contributed by atoms with Crippen molar-refractivity contribution in [3.63, 3.8) is 0 Å². The number of amides is 1. The lowest BCUT2D eigenvalue weighted by Crippen LogP contribution is -2.47. The van der Waals surface area contributed by atoms with Gasteiger partial charge in [-0.3, -0.25) is 9.32 Å². The van der Waals surface area contributed by atoms with Gasteiger partial charge < -0.3 is 35.0 Å². The third-order valence-corrected chi connectivity index (χ3v) is 4.73. The molecule has 2 aliphatic rings. The first-order valence-corrected chi connectivity index (χ1v) is 9.03. The molecule has 0 bridgehead atoms. The number of phosphoric acid groups is 1. The second-order valence-corrected chi connectivity index (χ2v) is 7.41. The predicted octanol–water partition coefficient (Wildman–Crippen LogP) is -0.890. The van der Waals surface area contributed by atoms with Crippen LogP contribution in [0.15, 0.2) is 22.2 Å². The summed E-state index contributed by atoms with van der Waals surface area (Å²) < 4.78 is 21.2. The number of nitrogens with one attached hydrogen (secondary N) is 1. The van der Waals surface area contributed by atoms with Gasteiger partial charge in [-0.05, 0) is 29.5 Å². The normalized spacial score (nSPS) is 33.5. The maximum absolute atomic E-state index is 11.5. The van der Waals surface area contributed by atoms with Crippen molar-refractivity contribution in [2.75, 3.05) is 0 Å². The highest BCUT2D eigenvalue weighted by Gasteiger charge is 2.49. The number of carbonyl (C=O) groups is 1. The SMILES string of the molecule is C=C1NC(=O)C(I)=CN1[C@@H]1O[C@H](C(C)OP(=O)(O)O)[C@@H](O)[C@H]1O. The number of rotatable bonds is 4. The summed E-state index contributed by atoms with van der Waals surface area (Å²) >= 11 is 1.78. The molecule has 0 radical (unpaired) electrons. The van der Waals surface area contributed by atoms with E-state index in [1.165, 1.54) is 18.0 Å².